The molecule has 0 aliphatic heterocycles. The Bertz CT molecular complexity index is 270. The molecule has 3 heteroatoms. The van der Waals surface area contributed by atoms with Crippen molar-refractivity contribution in [2.24, 2.45) is 5.92 Å². The van der Waals surface area contributed by atoms with E-state index in [0.29, 0.717) is 0 Å². The van der Waals surface area contributed by atoms with E-state index >= 15 is 0 Å². The van der Waals surface area contributed by atoms with Crippen LogP contribution in [0.4, 0.5) is 0 Å². The lowest BCUT2D eigenvalue weighted by atomic mass is 10.2. The molecule has 1 aromatic rings. The Labute approximate surface area is 85.1 Å². The van der Waals surface area contributed by atoms with Crippen LogP contribution >= 0.6 is 0 Å². The molecule has 2 N–H and O–H groups in total. The van der Waals surface area contributed by atoms with Gasteiger partial charge in [0.15, 0.2) is 0 Å². The minimum absolute atomic E-state index is 0.206. The molecule has 0 bridgehead atoms. The zero-order valence-corrected chi connectivity index (χ0v) is 9.08. The highest BCUT2D eigenvalue weighted by Gasteiger charge is 2.09. The van der Waals surface area contributed by atoms with Gasteiger partial charge >= 0.3 is 0 Å². The average molecular weight is 197 g/mol. The number of rotatable bonds is 5. The van der Waals surface area contributed by atoms with Crippen LogP contribution < -0.4 is 5.32 Å². The molecule has 0 aliphatic rings. The summed E-state index contributed by atoms with van der Waals surface area (Å²) in [6.07, 6.45) is 0. The molecule has 0 amide bonds. The van der Waals surface area contributed by atoms with Crippen molar-refractivity contribution < 1.29 is 9.52 Å². The van der Waals surface area contributed by atoms with Crippen molar-refractivity contribution in [1.29, 1.82) is 0 Å². The summed E-state index contributed by atoms with van der Waals surface area (Å²) in [5, 5.41) is 12.2. The molecule has 2 unspecified atom stereocenters. The molecule has 0 fully saturated rings. The third kappa shape index (κ3) is 3.16. The van der Waals surface area contributed by atoms with Gasteiger partial charge in [-0.15, -0.1) is 0 Å². The fourth-order valence-electron chi connectivity index (χ4n) is 1.23. The van der Waals surface area contributed by atoms with Crippen LogP contribution in [0.5, 0.6) is 0 Å². The van der Waals surface area contributed by atoms with Gasteiger partial charge in [0, 0.05) is 13.2 Å². The van der Waals surface area contributed by atoms with Crippen LogP contribution in [0.25, 0.3) is 0 Å². The molecule has 1 heterocycles. The second-order valence-electron chi connectivity index (χ2n) is 3.87. The number of aliphatic hydroxyl groups is 1. The summed E-state index contributed by atoms with van der Waals surface area (Å²) in [7, 11) is 0. The lowest BCUT2D eigenvalue weighted by Crippen LogP contribution is -2.25. The van der Waals surface area contributed by atoms with Crippen LogP contribution in [0, 0.1) is 12.8 Å². The third-order valence-electron chi connectivity index (χ3n) is 2.27. The smallest absolute Gasteiger partial charge is 0.120 e. The molecule has 0 aromatic carbocycles. The molecular formula is C11H19NO2. The summed E-state index contributed by atoms with van der Waals surface area (Å²) in [5.74, 6) is 2.17. The average Bonchev–Trinajstić information content (AvgIpc) is 2.60. The SMILES string of the molecule is Cc1ccc(C(C)NCC(C)CO)o1. The number of hydrogen-bond acceptors (Lipinski definition) is 3. The van der Waals surface area contributed by atoms with E-state index in [1.807, 2.05) is 26.0 Å². The largest absolute Gasteiger partial charge is 0.465 e. The Hall–Kier alpha value is -0.800. The van der Waals surface area contributed by atoms with Crippen LogP contribution in [-0.4, -0.2) is 18.3 Å². The number of hydrogen-bond donors (Lipinski definition) is 2. The zero-order valence-electron chi connectivity index (χ0n) is 9.08. The fraction of sp³-hybridized carbons (Fsp3) is 0.636. The van der Waals surface area contributed by atoms with Crippen molar-refractivity contribution in [3.63, 3.8) is 0 Å². The Morgan fingerprint density at radius 1 is 1.43 bits per heavy atom. The lowest BCUT2D eigenvalue weighted by Gasteiger charge is -2.14. The third-order valence-corrected chi connectivity index (χ3v) is 2.27. The molecular weight excluding hydrogens is 178 g/mol. The van der Waals surface area contributed by atoms with Gasteiger partial charge < -0.3 is 14.8 Å². The van der Waals surface area contributed by atoms with Crippen LogP contribution in [-0.2, 0) is 0 Å². The summed E-state index contributed by atoms with van der Waals surface area (Å²) in [6, 6.07) is 4.15. The molecule has 2 atom stereocenters. The van der Waals surface area contributed by atoms with E-state index in [-0.39, 0.29) is 18.6 Å². The standard InChI is InChI=1S/C11H19NO2/c1-8(7-13)6-12-10(3)11-5-4-9(2)14-11/h4-5,8,10,12-13H,6-7H2,1-3H3. The number of aliphatic hydroxyl groups excluding tert-OH is 1. The van der Waals surface area contributed by atoms with E-state index < -0.39 is 0 Å². The van der Waals surface area contributed by atoms with Gasteiger partial charge in [0.25, 0.3) is 0 Å². The summed E-state index contributed by atoms with van der Waals surface area (Å²) >= 11 is 0. The molecule has 80 valence electrons. The molecule has 14 heavy (non-hydrogen) atoms. The van der Waals surface area contributed by atoms with Crippen molar-refractivity contribution in [1.82, 2.24) is 5.32 Å². The first kappa shape index (κ1) is 11.3. The molecule has 3 nitrogen and oxygen atoms in total. The van der Waals surface area contributed by atoms with Crippen molar-refractivity contribution >= 4 is 0 Å². The Morgan fingerprint density at radius 3 is 2.64 bits per heavy atom. The molecule has 0 radical (unpaired) electrons. The van der Waals surface area contributed by atoms with Gasteiger partial charge in [0.1, 0.15) is 11.5 Å². The van der Waals surface area contributed by atoms with E-state index in [1.165, 1.54) is 0 Å². The molecule has 0 saturated carbocycles. The molecule has 1 aromatic heterocycles. The molecule has 0 saturated heterocycles. The zero-order chi connectivity index (χ0) is 10.6. The van der Waals surface area contributed by atoms with Crippen molar-refractivity contribution in [2.45, 2.75) is 26.8 Å². The van der Waals surface area contributed by atoms with E-state index in [2.05, 4.69) is 12.2 Å². The van der Waals surface area contributed by atoms with E-state index in [1.54, 1.807) is 0 Å². The predicted octanol–water partition coefficient (Wildman–Crippen LogP) is 1.87. The van der Waals surface area contributed by atoms with Crippen LogP contribution in [0.15, 0.2) is 16.5 Å². The highest BCUT2D eigenvalue weighted by atomic mass is 16.3. The van der Waals surface area contributed by atoms with Crippen LogP contribution in [0.1, 0.15) is 31.4 Å². The number of aryl methyl sites for hydroxylation is 1. The summed E-state index contributed by atoms with van der Waals surface area (Å²) in [5.41, 5.74) is 0. The van der Waals surface area contributed by atoms with Gasteiger partial charge in [0.05, 0.1) is 6.04 Å². The molecule has 0 spiro atoms. The van der Waals surface area contributed by atoms with Crippen molar-refractivity contribution in [2.75, 3.05) is 13.2 Å². The van der Waals surface area contributed by atoms with Gasteiger partial charge in [-0.1, -0.05) is 6.92 Å². The van der Waals surface area contributed by atoms with Crippen molar-refractivity contribution in [3.8, 4) is 0 Å². The number of furan rings is 1. The molecule has 1 rings (SSSR count). The maximum absolute atomic E-state index is 8.86. The Kier molecular flexibility index (Phi) is 4.17. The van der Waals surface area contributed by atoms with Gasteiger partial charge in [-0.25, -0.2) is 0 Å². The van der Waals surface area contributed by atoms with E-state index in [0.717, 1.165) is 18.1 Å². The predicted molar refractivity (Wildman–Crippen MR) is 56.1 cm³/mol. The van der Waals surface area contributed by atoms with Crippen LogP contribution in [0.2, 0.25) is 0 Å². The van der Waals surface area contributed by atoms with Gasteiger partial charge in [-0.3, -0.25) is 0 Å². The Balaban J connectivity index is 2.39. The summed E-state index contributed by atoms with van der Waals surface area (Å²) in [6.45, 7) is 7.02. The highest BCUT2D eigenvalue weighted by molar-refractivity contribution is 5.08. The van der Waals surface area contributed by atoms with E-state index in [4.69, 9.17) is 9.52 Å². The first-order valence-electron chi connectivity index (χ1n) is 5.04. The highest BCUT2D eigenvalue weighted by Crippen LogP contribution is 2.15. The monoisotopic (exact) mass is 197 g/mol. The normalized spacial score (nSPS) is 15.4. The summed E-state index contributed by atoms with van der Waals surface area (Å²) in [4.78, 5) is 0. The summed E-state index contributed by atoms with van der Waals surface area (Å²) < 4.78 is 5.49. The first-order valence-corrected chi connectivity index (χ1v) is 5.04. The maximum atomic E-state index is 8.86. The number of nitrogens with one attached hydrogen (secondary N) is 1. The minimum Gasteiger partial charge on any atom is -0.465 e. The lowest BCUT2D eigenvalue weighted by molar-refractivity contribution is 0.229. The van der Waals surface area contributed by atoms with Crippen molar-refractivity contribution in [3.05, 3.63) is 23.7 Å². The topological polar surface area (TPSA) is 45.4 Å². The minimum atomic E-state index is 0.206. The molecule has 0 aliphatic carbocycles. The van der Waals surface area contributed by atoms with Crippen LogP contribution in [0.3, 0.4) is 0 Å². The second kappa shape index (κ2) is 5.17. The fourth-order valence-corrected chi connectivity index (χ4v) is 1.23. The van der Waals surface area contributed by atoms with Gasteiger partial charge in [-0.2, -0.15) is 0 Å². The first-order chi connectivity index (χ1) is 6.63. The quantitative estimate of drug-likeness (QED) is 0.757. The van der Waals surface area contributed by atoms with Gasteiger partial charge in [0.2, 0.25) is 0 Å². The van der Waals surface area contributed by atoms with E-state index in [9.17, 15) is 0 Å². The maximum Gasteiger partial charge on any atom is 0.120 e. The Morgan fingerprint density at radius 2 is 2.14 bits per heavy atom. The second-order valence-corrected chi connectivity index (χ2v) is 3.87. The van der Waals surface area contributed by atoms with Gasteiger partial charge in [-0.05, 0) is 31.9 Å².